The molecule has 142 valence electrons. The number of amides is 1. The van der Waals surface area contributed by atoms with Gasteiger partial charge in [-0.25, -0.2) is 0 Å². The molecule has 0 aromatic carbocycles. The summed E-state index contributed by atoms with van der Waals surface area (Å²) in [6.45, 7) is 4.12. The first-order valence-electron chi connectivity index (χ1n) is 9.77. The number of rotatable bonds is 5. The molecule has 0 bridgehead atoms. The van der Waals surface area contributed by atoms with E-state index in [9.17, 15) is 4.79 Å². The van der Waals surface area contributed by atoms with Crippen LogP contribution in [-0.2, 0) is 20.8 Å². The summed E-state index contributed by atoms with van der Waals surface area (Å²) in [5.74, 6) is 0.236. The summed E-state index contributed by atoms with van der Waals surface area (Å²) in [6, 6.07) is 4.40. The molecule has 6 nitrogen and oxygen atoms in total. The van der Waals surface area contributed by atoms with Gasteiger partial charge in [0.15, 0.2) is 0 Å². The van der Waals surface area contributed by atoms with E-state index < -0.39 is 0 Å². The van der Waals surface area contributed by atoms with Crippen LogP contribution in [-0.4, -0.2) is 71.8 Å². The zero-order valence-electron chi connectivity index (χ0n) is 15.6. The van der Waals surface area contributed by atoms with Crippen LogP contribution in [0.5, 0.6) is 0 Å². The van der Waals surface area contributed by atoms with E-state index in [2.05, 4.69) is 22.0 Å². The van der Waals surface area contributed by atoms with Crippen LogP contribution in [0.25, 0.3) is 0 Å². The average Bonchev–Trinajstić information content (AvgIpc) is 2.65. The van der Waals surface area contributed by atoms with E-state index in [1.54, 1.807) is 7.11 Å². The molecule has 3 fully saturated rings. The Balaban J connectivity index is 1.41. The lowest BCUT2D eigenvalue weighted by Gasteiger charge is -2.48. The van der Waals surface area contributed by atoms with Crippen LogP contribution in [0.4, 0.5) is 0 Å². The molecule has 0 unspecified atom stereocenters. The van der Waals surface area contributed by atoms with Crippen molar-refractivity contribution in [2.45, 2.75) is 56.4 Å². The number of pyridine rings is 1. The van der Waals surface area contributed by atoms with Gasteiger partial charge in [0.25, 0.3) is 0 Å². The van der Waals surface area contributed by atoms with Crippen molar-refractivity contribution in [3.63, 3.8) is 0 Å². The molecule has 1 aromatic rings. The van der Waals surface area contributed by atoms with E-state index in [-0.39, 0.29) is 23.7 Å². The van der Waals surface area contributed by atoms with Gasteiger partial charge in [-0.3, -0.25) is 14.7 Å². The molecule has 2 saturated heterocycles. The second-order valence-electron chi connectivity index (χ2n) is 7.85. The highest BCUT2D eigenvalue weighted by atomic mass is 16.5. The van der Waals surface area contributed by atoms with Crippen LogP contribution in [0.2, 0.25) is 0 Å². The van der Waals surface area contributed by atoms with E-state index in [1.165, 1.54) is 12.0 Å². The van der Waals surface area contributed by atoms with Crippen LogP contribution in [0, 0.1) is 0 Å². The molecule has 6 heteroatoms. The Morgan fingerprint density at radius 3 is 2.85 bits per heavy atom. The summed E-state index contributed by atoms with van der Waals surface area (Å²) in [7, 11) is 1.74. The Morgan fingerprint density at radius 1 is 1.35 bits per heavy atom. The standard InChI is InChI=1S/C20H29N3O3/c1-25-20(6-2-7-20)13-19(24)23-10-5-18-17(15-23)22(11-12-26-18)14-16-3-8-21-9-4-16/h3-4,8-9,17-18H,2,5-7,10-15H2,1H3/t17-,18-/m0/s1. The number of piperidine rings is 1. The topological polar surface area (TPSA) is 54.9 Å². The third kappa shape index (κ3) is 3.63. The zero-order chi connectivity index (χ0) is 18.0. The number of aromatic nitrogens is 1. The number of carbonyl (C=O) groups is 1. The largest absolute Gasteiger partial charge is 0.378 e. The zero-order valence-corrected chi connectivity index (χ0v) is 15.6. The molecule has 1 amide bonds. The summed E-state index contributed by atoms with van der Waals surface area (Å²) in [5.41, 5.74) is 1.06. The number of methoxy groups -OCH3 is 1. The maximum absolute atomic E-state index is 12.9. The van der Waals surface area contributed by atoms with Gasteiger partial charge < -0.3 is 14.4 Å². The molecule has 26 heavy (non-hydrogen) atoms. The SMILES string of the molecule is COC1(CC(=O)N2CC[C@@H]3OCCN(Cc4ccncc4)[C@H]3C2)CCC1. The molecular weight excluding hydrogens is 330 g/mol. The smallest absolute Gasteiger partial charge is 0.225 e. The van der Waals surface area contributed by atoms with Crippen LogP contribution >= 0.6 is 0 Å². The summed E-state index contributed by atoms with van der Waals surface area (Å²) >= 11 is 0. The third-order valence-corrected chi connectivity index (χ3v) is 6.36. The number of morpholine rings is 1. The predicted octanol–water partition coefficient (Wildman–Crippen LogP) is 1.84. The van der Waals surface area contributed by atoms with Crippen molar-refractivity contribution in [2.75, 3.05) is 33.4 Å². The monoisotopic (exact) mass is 359 g/mol. The highest BCUT2D eigenvalue weighted by Crippen LogP contribution is 2.38. The quantitative estimate of drug-likeness (QED) is 0.803. The number of nitrogens with zero attached hydrogens (tertiary/aromatic N) is 3. The van der Waals surface area contributed by atoms with E-state index in [0.29, 0.717) is 6.42 Å². The minimum atomic E-state index is -0.201. The van der Waals surface area contributed by atoms with Crippen molar-refractivity contribution >= 4 is 5.91 Å². The highest BCUT2D eigenvalue weighted by molar-refractivity contribution is 5.77. The highest BCUT2D eigenvalue weighted by Gasteiger charge is 2.43. The van der Waals surface area contributed by atoms with E-state index in [0.717, 1.165) is 52.0 Å². The number of likely N-dealkylation sites (tertiary alicyclic amines) is 1. The lowest BCUT2D eigenvalue weighted by atomic mass is 9.77. The number of hydrogen-bond donors (Lipinski definition) is 0. The Morgan fingerprint density at radius 2 is 2.15 bits per heavy atom. The number of fused-ring (bicyclic) bond motifs is 1. The van der Waals surface area contributed by atoms with Gasteiger partial charge in [0.2, 0.25) is 5.91 Å². The first-order valence-corrected chi connectivity index (χ1v) is 9.77. The molecule has 1 aliphatic carbocycles. The van der Waals surface area contributed by atoms with Gasteiger partial charge >= 0.3 is 0 Å². The van der Waals surface area contributed by atoms with E-state index >= 15 is 0 Å². The molecule has 3 heterocycles. The Kier molecular flexibility index (Phi) is 5.25. The fourth-order valence-electron chi connectivity index (χ4n) is 4.50. The molecule has 2 atom stereocenters. The van der Waals surface area contributed by atoms with Gasteiger partial charge in [-0.1, -0.05) is 0 Å². The van der Waals surface area contributed by atoms with Crippen molar-refractivity contribution in [3.05, 3.63) is 30.1 Å². The van der Waals surface area contributed by atoms with Crippen LogP contribution < -0.4 is 0 Å². The third-order valence-electron chi connectivity index (χ3n) is 6.36. The minimum absolute atomic E-state index is 0.201. The molecule has 3 aliphatic rings. The minimum Gasteiger partial charge on any atom is -0.378 e. The Labute approximate surface area is 155 Å². The lowest BCUT2D eigenvalue weighted by Crippen LogP contribution is -2.61. The van der Waals surface area contributed by atoms with Crippen LogP contribution in [0.1, 0.15) is 37.7 Å². The second kappa shape index (κ2) is 7.62. The van der Waals surface area contributed by atoms with Crippen molar-refractivity contribution in [2.24, 2.45) is 0 Å². The van der Waals surface area contributed by atoms with Gasteiger partial charge in [-0.15, -0.1) is 0 Å². The first kappa shape index (κ1) is 17.9. The summed E-state index contributed by atoms with van der Waals surface area (Å²) in [4.78, 5) is 21.5. The fourth-order valence-corrected chi connectivity index (χ4v) is 4.50. The summed E-state index contributed by atoms with van der Waals surface area (Å²) < 4.78 is 11.7. The van der Waals surface area contributed by atoms with Gasteiger partial charge in [0.05, 0.1) is 30.8 Å². The van der Waals surface area contributed by atoms with Crippen LogP contribution in [0.3, 0.4) is 0 Å². The second-order valence-corrected chi connectivity index (χ2v) is 7.85. The van der Waals surface area contributed by atoms with Crippen molar-refractivity contribution in [1.29, 1.82) is 0 Å². The number of ether oxygens (including phenoxy) is 2. The molecule has 0 radical (unpaired) electrons. The Bertz CT molecular complexity index is 614. The molecule has 4 rings (SSSR count). The van der Waals surface area contributed by atoms with Crippen molar-refractivity contribution in [3.8, 4) is 0 Å². The van der Waals surface area contributed by atoms with Gasteiger partial charge in [-0.05, 0) is 43.4 Å². The van der Waals surface area contributed by atoms with Crippen molar-refractivity contribution in [1.82, 2.24) is 14.8 Å². The van der Waals surface area contributed by atoms with E-state index in [1.807, 2.05) is 17.3 Å². The predicted molar refractivity (Wildman–Crippen MR) is 97.6 cm³/mol. The summed E-state index contributed by atoms with van der Waals surface area (Å²) in [5, 5.41) is 0. The molecule has 2 aliphatic heterocycles. The van der Waals surface area contributed by atoms with Gasteiger partial charge in [0.1, 0.15) is 0 Å². The number of carbonyl (C=O) groups excluding carboxylic acids is 1. The van der Waals surface area contributed by atoms with Crippen LogP contribution in [0.15, 0.2) is 24.5 Å². The van der Waals surface area contributed by atoms with Crippen molar-refractivity contribution < 1.29 is 14.3 Å². The molecule has 0 N–H and O–H groups in total. The normalized spacial score (nSPS) is 28.3. The molecule has 1 aromatic heterocycles. The van der Waals surface area contributed by atoms with Gasteiger partial charge in [-0.2, -0.15) is 0 Å². The van der Waals surface area contributed by atoms with Gasteiger partial charge in [0, 0.05) is 45.7 Å². The summed E-state index contributed by atoms with van der Waals surface area (Å²) in [6.07, 6.45) is 8.53. The number of hydrogen-bond acceptors (Lipinski definition) is 5. The average molecular weight is 359 g/mol. The lowest BCUT2D eigenvalue weighted by molar-refractivity contribution is -0.153. The molecule has 1 saturated carbocycles. The maximum Gasteiger partial charge on any atom is 0.225 e. The Hall–Kier alpha value is -1.50. The first-order chi connectivity index (χ1) is 12.7. The fraction of sp³-hybridized carbons (Fsp3) is 0.700. The van der Waals surface area contributed by atoms with E-state index in [4.69, 9.17) is 9.47 Å². The maximum atomic E-state index is 12.9. The molecule has 0 spiro atoms. The molecular formula is C20H29N3O3.